The standard InChI is InChI=1S/C13H17F2NO/c1-4-9(2)16-10(3)11-7-5-6-8-12(11)17-13(14)15/h4-10,13,16H,1H2,2-3H3. The predicted molar refractivity (Wildman–Crippen MR) is 64.3 cm³/mol. The zero-order valence-corrected chi connectivity index (χ0v) is 9.99. The lowest BCUT2D eigenvalue weighted by Crippen LogP contribution is -2.27. The van der Waals surface area contributed by atoms with Gasteiger partial charge in [-0.15, -0.1) is 6.58 Å². The second-order valence-corrected chi connectivity index (χ2v) is 3.83. The molecular formula is C13H17F2NO. The lowest BCUT2D eigenvalue weighted by atomic mass is 10.1. The van der Waals surface area contributed by atoms with Gasteiger partial charge in [0.05, 0.1) is 0 Å². The van der Waals surface area contributed by atoms with Crippen LogP contribution in [0.2, 0.25) is 0 Å². The molecule has 17 heavy (non-hydrogen) atoms. The molecule has 0 radical (unpaired) electrons. The summed E-state index contributed by atoms with van der Waals surface area (Å²) in [6.45, 7) is 4.70. The third-order valence-corrected chi connectivity index (χ3v) is 2.47. The van der Waals surface area contributed by atoms with Gasteiger partial charge in [0.1, 0.15) is 5.75 Å². The van der Waals surface area contributed by atoms with Crippen LogP contribution in [0.3, 0.4) is 0 Å². The fourth-order valence-electron chi connectivity index (χ4n) is 1.59. The van der Waals surface area contributed by atoms with Gasteiger partial charge < -0.3 is 10.1 Å². The molecule has 0 amide bonds. The Morgan fingerprint density at radius 3 is 2.53 bits per heavy atom. The van der Waals surface area contributed by atoms with E-state index in [0.29, 0.717) is 5.56 Å². The second kappa shape index (κ2) is 6.35. The van der Waals surface area contributed by atoms with Crippen LogP contribution in [0.1, 0.15) is 25.5 Å². The molecular weight excluding hydrogens is 224 g/mol. The smallest absolute Gasteiger partial charge is 0.387 e. The highest BCUT2D eigenvalue weighted by molar-refractivity contribution is 5.35. The number of ether oxygens (including phenoxy) is 1. The molecule has 0 heterocycles. The van der Waals surface area contributed by atoms with Gasteiger partial charge >= 0.3 is 6.61 Å². The van der Waals surface area contributed by atoms with Crippen LogP contribution in [0, 0.1) is 0 Å². The molecule has 0 spiro atoms. The first-order valence-electron chi connectivity index (χ1n) is 5.47. The Kier molecular flexibility index (Phi) is 5.10. The molecule has 1 aromatic rings. The van der Waals surface area contributed by atoms with Crippen molar-refractivity contribution >= 4 is 0 Å². The van der Waals surface area contributed by atoms with E-state index in [1.165, 1.54) is 6.07 Å². The number of hydrogen-bond acceptors (Lipinski definition) is 2. The van der Waals surface area contributed by atoms with Crippen molar-refractivity contribution in [2.45, 2.75) is 32.5 Å². The van der Waals surface area contributed by atoms with Gasteiger partial charge in [0, 0.05) is 17.6 Å². The third kappa shape index (κ3) is 4.15. The summed E-state index contributed by atoms with van der Waals surface area (Å²) < 4.78 is 29.0. The first-order valence-corrected chi connectivity index (χ1v) is 5.47. The Morgan fingerprint density at radius 2 is 1.94 bits per heavy atom. The molecule has 2 atom stereocenters. The van der Waals surface area contributed by atoms with Crippen LogP contribution >= 0.6 is 0 Å². The van der Waals surface area contributed by atoms with E-state index in [1.807, 2.05) is 13.8 Å². The van der Waals surface area contributed by atoms with Crippen molar-refractivity contribution in [2.24, 2.45) is 0 Å². The topological polar surface area (TPSA) is 21.3 Å². The van der Waals surface area contributed by atoms with Crippen molar-refractivity contribution in [1.29, 1.82) is 0 Å². The van der Waals surface area contributed by atoms with E-state index in [2.05, 4.69) is 16.6 Å². The summed E-state index contributed by atoms with van der Waals surface area (Å²) in [5.74, 6) is 0.207. The Balaban J connectivity index is 2.84. The first-order chi connectivity index (χ1) is 8.04. The van der Waals surface area contributed by atoms with E-state index < -0.39 is 6.61 Å². The number of alkyl halides is 2. The summed E-state index contributed by atoms with van der Waals surface area (Å²) in [5.41, 5.74) is 0.710. The quantitative estimate of drug-likeness (QED) is 0.769. The van der Waals surface area contributed by atoms with Crippen molar-refractivity contribution in [3.05, 3.63) is 42.5 Å². The molecule has 94 valence electrons. The number of halogens is 2. The number of hydrogen-bond donors (Lipinski definition) is 1. The molecule has 0 aliphatic heterocycles. The van der Waals surface area contributed by atoms with Gasteiger partial charge in [-0.3, -0.25) is 0 Å². The number of nitrogens with one attached hydrogen (secondary N) is 1. The van der Waals surface area contributed by atoms with E-state index in [4.69, 9.17) is 0 Å². The van der Waals surface area contributed by atoms with Crippen LogP contribution in [0.4, 0.5) is 8.78 Å². The Labute approximate surface area is 100 Å². The molecule has 4 heteroatoms. The van der Waals surface area contributed by atoms with E-state index in [9.17, 15) is 8.78 Å². The molecule has 0 fully saturated rings. The van der Waals surface area contributed by atoms with Crippen molar-refractivity contribution in [2.75, 3.05) is 0 Å². The van der Waals surface area contributed by atoms with Crippen molar-refractivity contribution in [3.63, 3.8) is 0 Å². The monoisotopic (exact) mass is 241 g/mol. The zero-order valence-electron chi connectivity index (χ0n) is 9.99. The zero-order chi connectivity index (χ0) is 12.8. The van der Waals surface area contributed by atoms with Crippen molar-refractivity contribution in [3.8, 4) is 5.75 Å². The fraction of sp³-hybridized carbons (Fsp3) is 0.385. The van der Waals surface area contributed by atoms with Crippen LogP contribution in [0.25, 0.3) is 0 Å². The van der Waals surface area contributed by atoms with Crippen LogP contribution in [-0.2, 0) is 0 Å². The van der Waals surface area contributed by atoms with Crippen molar-refractivity contribution in [1.82, 2.24) is 5.32 Å². The number of rotatable bonds is 6. The number of benzene rings is 1. The Morgan fingerprint density at radius 1 is 1.29 bits per heavy atom. The molecule has 0 bridgehead atoms. The fourth-order valence-corrected chi connectivity index (χ4v) is 1.59. The maximum Gasteiger partial charge on any atom is 0.387 e. The lowest BCUT2D eigenvalue weighted by molar-refractivity contribution is -0.0506. The minimum atomic E-state index is -2.81. The van der Waals surface area contributed by atoms with Gasteiger partial charge in [-0.1, -0.05) is 24.3 Å². The SMILES string of the molecule is C=CC(C)NC(C)c1ccccc1OC(F)F. The summed E-state index contributed by atoms with van der Waals surface area (Å²) in [7, 11) is 0. The summed E-state index contributed by atoms with van der Waals surface area (Å²) >= 11 is 0. The van der Waals surface area contributed by atoms with Crippen LogP contribution in [-0.4, -0.2) is 12.7 Å². The van der Waals surface area contributed by atoms with Crippen LogP contribution in [0.15, 0.2) is 36.9 Å². The molecule has 0 aromatic heterocycles. The summed E-state index contributed by atoms with van der Waals surface area (Å²) in [4.78, 5) is 0. The van der Waals surface area contributed by atoms with Gasteiger partial charge in [0.15, 0.2) is 0 Å². The maximum atomic E-state index is 12.2. The van der Waals surface area contributed by atoms with Crippen LogP contribution in [0.5, 0.6) is 5.75 Å². The largest absolute Gasteiger partial charge is 0.434 e. The molecule has 1 N–H and O–H groups in total. The van der Waals surface area contributed by atoms with E-state index in [1.54, 1.807) is 24.3 Å². The molecule has 2 nitrogen and oxygen atoms in total. The minimum absolute atomic E-state index is 0.0852. The van der Waals surface area contributed by atoms with E-state index >= 15 is 0 Å². The van der Waals surface area contributed by atoms with Gasteiger partial charge in [0.2, 0.25) is 0 Å². The maximum absolute atomic E-state index is 12.2. The molecule has 0 saturated heterocycles. The highest BCUT2D eigenvalue weighted by atomic mass is 19.3. The normalized spacial score (nSPS) is 14.4. The Bertz CT molecular complexity index is 368. The number of para-hydroxylation sites is 1. The van der Waals surface area contributed by atoms with Crippen LogP contribution < -0.4 is 10.1 Å². The first kappa shape index (κ1) is 13.6. The molecule has 2 unspecified atom stereocenters. The van der Waals surface area contributed by atoms with E-state index in [0.717, 1.165) is 0 Å². The van der Waals surface area contributed by atoms with Gasteiger partial charge in [-0.2, -0.15) is 8.78 Å². The third-order valence-electron chi connectivity index (χ3n) is 2.47. The predicted octanol–water partition coefficient (Wildman–Crippen LogP) is 3.51. The van der Waals surface area contributed by atoms with Crippen molar-refractivity contribution < 1.29 is 13.5 Å². The molecule has 0 aliphatic carbocycles. The Hall–Kier alpha value is -1.42. The molecule has 0 aliphatic rings. The highest BCUT2D eigenvalue weighted by Gasteiger charge is 2.14. The summed E-state index contributed by atoms with van der Waals surface area (Å²) in [6.07, 6.45) is 1.76. The highest BCUT2D eigenvalue weighted by Crippen LogP contribution is 2.26. The molecule has 0 saturated carbocycles. The van der Waals surface area contributed by atoms with Gasteiger partial charge in [-0.05, 0) is 19.9 Å². The van der Waals surface area contributed by atoms with Gasteiger partial charge in [-0.25, -0.2) is 0 Å². The van der Waals surface area contributed by atoms with Gasteiger partial charge in [0.25, 0.3) is 0 Å². The molecule has 1 rings (SSSR count). The average Bonchev–Trinajstić information content (AvgIpc) is 2.28. The minimum Gasteiger partial charge on any atom is -0.434 e. The lowest BCUT2D eigenvalue weighted by Gasteiger charge is -2.20. The van der Waals surface area contributed by atoms with E-state index in [-0.39, 0.29) is 17.8 Å². The summed E-state index contributed by atoms with van der Waals surface area (Å²) in [5, 5.41) is 3.22. The molecule has 1 aromatic carbocycles. The second-order valence-electron chi connectivity index (χ2n) is 3.83. The average molecular weight is 241 g/mol. The summed E-state index contributed by atoms with van der Waals surface area (Å²) in [6, 6.07) is 6.79.